The van der Waals surface area contributed by atoms with E-state index >= 15 is 0 Å². The number of hydrogen-bond donors (Lipinski definition) is 2. The molecule has 8 nitrogen and oxygen atoms in total. The lowest BCUT2D eigenvalue weighted by Crippen LogP contribution is -2.44. The van der Waals surface area contributed by atoms with Gasteiger partial charge in [-0.05, 0) is 50.8 Å². The molecule has 2 rings (SSSR count). The molecular formula is C20H26FN3O5. The predicted molar refractivity (Wildman–Crippen MR) is 103 cm³/mol. The molecule has 29 heavy (non-hydrogen) atoms. The van der Waals surface area contributed by atoms with Crippen molar-refractivity contribution in [3.8, 4) is 0 Å². The summed E-state index contributed by atoms with van der Waals surface area (Å²) in [6.45, 7) is 6.38. The number of amides is 4. The molecule has 0 aromatic heterocycles. The minimum absolute atomic E-state index is 0.216. The lowest BCUT2D eigenvalue weighted by atomic mass is 9.92. The van der Waals surface area contributed by atoms with Crippen LogP contribution < -0.4 is 10.6 Å². The highest BCUT2D eigenvalue weighted by Gasteiger charge is 2.48. The number of carbonyl (C=O) groups excluding carboxylic acids is 4. The molecular weight excluding hydrogens is 381 g/mol. The maximum absolute atomic E-state index is 13.2. The molecule has 0 saturated carbocycles. The van der Waals surface area contributed by atoms with Crippen LogP contribution in [0.5, 0.6) is 0 Å². The number of carbonyl (C=O) groups is 4. The standard InChI is InChI=1S/C20H26FN3O5/c1-12(2)8-9-20(4)18(27)24(19(28)23-20)11-16(25)29-13(3)17(26)22-15-7-5-6-14(21)10-15/h5-7,10,12-13H,8-9,11H2,1-4H3,(H,22,26)(H,23,28)/t13-,20-/m0/s1. The molecule has 1 aromatic rings. The number of halogens is 1. The van der Waals surface area contributed by atoms with Crippen LogP contribution in [0.25, 0.3) is 0 Å². The van der Waals surface area contributed by atoms with E-state index in [1.54, 1.807) is 6.92 Å². The van der Waals surface area contributed by atoms with E-state index in [0.29, 0.717) is 12.3 Å². The normalized spacial score (nSPS) is 19.9. The van der Waals surface area contributed by atoms with Crippen molar-refractivity contribution >= 4 is 29.5 Å². The van der Waals surface area contributed by atoms with Crippen molar-refractivity contribution in [2.75, 3.05) is 11.9 Å². The number of hydrogen-bond acceptors (Lipinski definition) is 5. The first-order valence-electron chi connectivity index (χ1n) is 9.42. The summed E-state index contributed by atoms with van der Waals surface area (Å²) in [5.41, 5.74) is -0.852. The molecule has 0 unspecified atom stereocenters. The molecule has 0 spiro atoms. The van der Waals surface area contributed by atoms with Gasteiger partial charge in [0.1, 0.15) is 17.9 Å². The molecule has 9 heteroatoms. The average molecular weight is 407 g/mol. The molecule has 4 amide bonds. The second kappa shape index (κ2) is 9.02. The van der Waals surface area contributed by atoms with Gasteiger partial charge in [0.2, 0.25) is 0 Å². The Morgan fingerprint density at radius 1 is 1.28 bits per heavy atom. The van der Waals surface area contributed by atoms with E-state index in [-0.39, 0.29) is 5.69 Å². The van der Waals surface area contributed by atoms with Gasteiger partial charge in [-0.3, -0.25) is 19.3 Å². The molecule has 0 radical (unpaired) electrons. The molecule has 2 N–H and O–H groups in total. The molecule has 0 aliphatic carbocycles. The smallest absolute Gasteiger partial charge is 0.327 e. The van der Waals surface area contributed by atoms with Crippen LogP contribution in [0.3, 0.4) is 0 Å². The van der Waals surface area contributed by atoms with Crippen molar-refractivity contribution in [3.05, 3.63) is 30.1 Å². The maximum Gasteiger partial charge on any atom is 0.327 e. The second-order valence-corrected chi connectivity index (χ2v) is 7.72. The van der Waals surface area contributed by atoms with Gasteiger partial charge in [-0.25, -0.2) is 9.18 Å². The van der Waals surface area contributed by atoms with Gasteiger partial charge < -0.3 is 15.4 Å². The van der Waals surface area contributed by atoms with Gasteiger partial charge in [0.25, 0.3) is 11.8 Å². The first kappa shape index (κ1) is 22.3. The Kier molecular flexibility index (Phi) is 6.94. The summed E-state index contributed by atoms with van der Waals surface area (Å²) < 4.78 is 18.2. The van der Waals surface area contributed by atoms with Gasteiger partial charge >= 0.3 is 12.0 Å². The fraction of sp³-hybridized carbons (Fsp3) is 0.500. The van der Waals surface area contributed by atoms with E-state index in [9.17, 15) is 23.6 Å². The van der Waals surface area contributed by atoms with Crippen LogP contribution in [0.4, 0.5) is 14.9 Å². The Hall–Kier alpha value is -2.97. The molecule has 1 fully saturated rings. The number of urea groups is 1. The van der Waals surface area contributed by atoms with Gasteiger partial charge in [0.05, 0.1) is 0 Å². The summed E-state index contributed by atoms with van der Waals surface area (Å²) >= 11 is 0. The zero-order valence-electron chi connectivity index (χ0n) is 17.0. The average Bonchev–Trinajstić information content (AvgIpc) is 2.83. The van der Waals surface area contributed by atoms with E-state index in [1.807, 2.05) is 13.8 Å². The topological polar surface area (TPSA) is 105 Å². The lowest BCUT2D eigenvalue weighted by Gasteiger charge is -2.22. The van der Waals surface area contributed by atoms with Crippen LogP contribution in [0, 0.1) is 11.7 Å². The summed E-state index contributed by atoms with van der Waals surface area (Å²) in [5.74, 6) is -2.23. The number of benzene rings is 1. The highest BCUT2D eigenvalue weighted by atomic mass is 19.1. The van der Waals surface area contributed by atoms with Gasteiger partial charge in [0.15, 0.2) is 6.10 Å². The van der Waals surface area contributed by atoms with Crippen LogP contribution in [-0.2, 0) is 19.1 Å². The van der Waals surface area contributed by atoms with Gasteiger partial charge in [-0.1, -0.05) is 19.9 Å². The molecule has 1 aliphatic rings. The quantitative estimate of drug-likeness (QED) is 0.509. The highest BCUT2D eigenvalue weighted by Crippen LogP contribution is 2.24. The Morgan fingerprint density at radius 2 is 1.97 bits per heavy atom. The monoisotopic (exact) mass is 407 g/mol. The molecule has 0 bridgehead atoms. The number of ether oxygens (including phenoxy) is 1. The van der Waals surface area contributed by atoms with Crippen molar-refractivity contribution in [2.45, 2.75) is 52.2 Å². The van der Waals surface area contributed by atoms with E-state index in [1.165, 1.54) is 25.1 Å². The van der Waals surface area contributed by atoms with Crippen LogP contribution in [-0.4, -0.2) is 46.9 Å². The SMILES string of the molecule is CC(C)CC[C@]1(C)NC(=O)N(CC(=O)O[C@@H](C)C(=O)Nc2cccc(F)c2)C1=O. The first-order valence-corrected chi connectivity index (χ1v) is 9.42. The third-order valence-corrected chi connectivity index (χ3v) is 4.62. The number of rotatable bonds is 8. The number of imide groups is 1. The predicted octanol–water partition coefficient (Wildman–Crippen LogP) is 2.44. The summed E-state index contributed by atoms with van der Waals surface area (Å²) in [6.07, 6.45) is -0.00966. The fourth-order valence-electron chi connectivity index (χ4n) is 2.86. The minimum Gasteiger partial charge on any atom is -0.451 e. The third kappa shape index (κ3) is 5.75. The molecule has 1 heterocycles. The molecule has 1 saturated heterocycles. The van der Waals surface area contributed by atoms with Gasteiger partial charge in [-0.15, -0.1) is 0 Å². The number of esters is 1. The lowest BCUT2D eigenvalue weighted by molar-refractivity contribution is -0.155. The third-order valence-electron chi connectivity index (χ3n) is 4.62. The fourth-order valence-corrected chi connectivity index (χ4v) is 2.86. The number of anilines is 1. The minimum atomic E-state index is -1.20. The number of nitrogens with one attached hydrogen (secondary N) is 2. The summed E-state index contributed by atoms with van der Waals surface area (Å²) in [4.78, 5) is 49.8. The zero-order chi connectivity index (χ0) is 21.8. The van der Waals surface area contributed by atoms with E-state index in [0.717, 1.165) is 17.4 Å². The van der Waals surface area contributed by atoms with Crippen molar-refractivity contribution in [1.29, 1.82) is 0 Å². The summed E-state index contributed by atoms with van der Waals surface area (Å²) in [7, 11) is 0. The van der Waals surface area contributed by atoms with Crippen LogP contribution >= 0.6 is 0 Å². The van der Waals surface area contributed by atoms with Crippen molar-refractivity contribution < 1.29 is 28.3 Å². The van der Waals surface area contributed by atoms with Crippen molar-refractivity contribution in [2.24, 2.45) is 5.92 Å². The largest absolute Gasteiger partial charge is 0.451 e. The molecule has 158 valence electrons. The van der Waals surface area contributed by atoms with Gasteiger partial charge in [-0.2, -0.15) is 0 Å². The Balaban J connectivity index is 1.91. The van der Waals surface area contributed by atoms with Crippen molar-refractivity contribution in [3.63, 3.8) is 0 Å². The van der Waals surface area contributed by atoms with Crippen LogP contribution in [0.2, 0.25) is 0 Å². The molecule has 1 aliphatic heterocycles. The Bertz CT molecular complexity index is 813. The summed E-state index contributed by atoms with van der Waals surface area (Å²) in [5, 5.41) is 5.04. The van der Waals surface area contributed by atoms with Gasteiger partial charge in [0, 0.05) is 5.69 Å². The first-order chi connectivity index (χ1) is 13.5. The highest BCUT2D eigenvalue weighted by molar-refractivity contribution is 6.08. The molecule has 1 aromatic carbocycles. The maximum atomic E-state index is 13.2. The summed E-state index contributed by atoms with van der Waals surface area (Å²) in [6, 6.07) is 4.59. The Labute approximate surface area is 168 Å². The second-order valence-electron chi connectivity index (χ2n) is 7.72. The van der Waals surface area contributed by atoms with E-state index in [4.69, 9.17) is 4.74 Å². The van der Waals surface area contributed by atoms with Crippen LogP contribution in [0.15, 0.2) is 24.3 Å². The molecule has 2 atom stereocenters. The number of nitrogens with zero attached hydrogens (tertiary/aromatic N) is 1. The van der Waals surface area contributed by atoms with Crippen LogP contribution in [0.1, 0.15) is 40.5 Å². The van der Waals surface area contributed by atoms with E-state index < -0.39 is 47.8 Å². The van der Waals surface area contributed by atoms with E-state index in [2.05, 4.69) is 10.6 Å². The zero-order valence-corrected chi connectivity index (χ0v) is 17.0. The Morgan fingerprint density at radius 3 is 2.59 bits per heavy atom. The van der Waals surface area contributed by atoms with Crippen molar-refractivity contribution in [1.82, 2.24) is 10.2 Å².